The molecule has 1 aromatic heterocycles. The molecule has 4 rings (SSSR count). The molecule has 1 aliphatic rings. The molecule has 0 saturated carbocycles. The minimum absolute atomic E-state index is 0.308. The lowest BCUT2D eigenvalue weighted by atomic mass is 9.99. The van der Waals surface area contributed by atoms with E-state index in [-0.39, 0.29) is 0 Å². The van der Waals surface area contributed by atoms with Gasteiger partial charge in [0.15, 0.2) is 0 Å². The summed E-state index contributed by atoms with van der Waals surface area (Å²) in [5.41, 5.74) is 1.32. The minimum atomic E-state index is 0.308. The third kappa shape index (κ3) is 1.83. The van der Waals surface area contributed by atoms with Gasteiger partial charge in [0, 0.05) is 6.54 Å². The van der Waals surface area contributed by atoms with Crippen molar-refractivity contribution in [2.45, 2.75) is 12.5 Å². The van der Waals surface area contributed by atoms with E-state index >= 15 is 0 Å². The summed E-state index contributed by atoms with van der Waals surface area (Å²) in [4.78, 5) is 0. The van der Waals surface area contributed by atoms with Crippen LogP contribution >= 0.6 is 15.9 Å². The summed E-state index contributed by atoms with van der Waals surface area (Å²) in [5.74, 6) is 1.08. The molecule has 1 atom stereocenters. The summed E-state index contributed by atoms with van der Waals surface area (Å²) in [7, 11) is 0. The first-order valence-electron chi connectivity index (χ1n) is 6.78. The van der Waals surface area contributed by atoms with Crippen LogP contribution in [0.1, 0.15) is 18.0 Å². The number of benzene rings is 2. The zero-order valence-electron chi connectivity index (χ0n) is 10.9. The van der Waals surface area contributed by atoms with Crippen LogP contribution < -0.4 is 5.32 Å². The number of nitrogens with zero attached hydrogens (tertiary/aromatic N) is 2. The van der Waals surface area contributed by atoms with Crippen LogP contribution in [0.2, 0.25) is 0 Å². The molecule has 0 aliphatic carbocycles. The zero-order valence-corrected chi connectivity index (χ0v) is 12.5. The van der Waals surface area contributed by atoms with Gasteiger partial charge in [0.2, 0.25) is 0 Å². The second kappa shape index (κ2) is 4.63. The van der Waals surface area contributed by atoms with Crippen molar-refractivity contribution < 1.29 is 0 Å². The number of nitrogens with one attached hydrogen (secondary N) is 1. The van der Waals surface area contributed by atoms with Gasteiger partial charge in [0.25, 0.3) is 0 Å². The Hall–Kier alpha value is -1.81. The Bertz CT molecular complexity index is 778. The normalized spacial score (nSPS) is 17.8. The van der Waals surface area contributed by atoms with Gasteiger partial charge in [-0.2, -0.15) is 5.10 Å². The quantitative estimate of drug-likeness (QED) is 0.725. The lowest BCUT2D eigenvalue weighted by molar-refractivity contribution is 0.482. The summed E-state index contributed by atoms with van der Waals surface area (Å²) in [6.07, 6.45) is 2.92. The monoisotopic (exact) mass is 327 g/mol. The van der Waals surface area contributed by atoms with Crippen LogP contribution in [0.5, 0.6) is 0 Å². The van der Waals surface area contributed by atoms with E-state index in [1.54, 1.807) is 0 Å². The molecular weight excluding hydrogens is 314 g/mol. The molecule has 3 nitrogen and oxygen atoms in total. The maximum atomic E-state index is 4.50. The van der Waals surface area contributed by atoms with Crippen LogP contribution in [0.4, 0.5) is 5.82 Å². The molecular formula is C16H14BrN3. The fourth-order valence-electron chi connectivity index (χ4n) is 2.92. The molecule has 4 heteroatoms. The zero-order chi connectivity index (χ0) is 13.5. The number of hydrogen-bond acceptors (Lipinski definition) is 2. The number of halogens is 1. The van der Waals surface area contributed by atoms with Crippen LogP contribution in [-0.2, 0) is 0 Å². The Labute approximate surface area is 125 Å². The fraction of sp³-hybridized carbons (Fsp3) is 0.188. The first kappa shape index (κ1) is 12.0. The number of rotatable bonds is 1. The van der Waals surface area contributed by atoms with E-state index in [1.807, 2.05) is 6.20 Å². The number of hydrogen-bond donors (Lipinski definition) is 1. The third-order valence-electron chi connectivity index (χ3n) is 3.91. The van der Waals surface area contributed by atoms with Crippen LogP contribution in [0.25, 0.3) is 10.8 Å². The van der Waals surface area contributed by atoms with Crippen molar-refractivity contribution in [1.29, 1.82) is 0 Å². The van der Waals surface area contributed by atoms with E-state index in [2.05, 4.69) is 73.5 Å². The summed E-state index contributed by atoms with van der Waals surface area (Å²) >= 11 is 3.55. The maximum Gasteiger partial charge on any atom is 0.139 e. The fourth-order valence-corrected chi connectivity index (χ4v) is 3.33. The van der Waals surface area contributed by atoms with Gasteiger partial charge in [-0.05, 0) is 44.8 Å². The lowest BCUT2D eigenvalue weighted by Gasteiger charge is -2.26. The molecule has 1 aliphatic heterocycles. The van der Waals surface area contributed by atoms with Crippen molar-refractivity contribution in [3.63, 3.8) is 0 Å². The van der Waals surface area contributed by atoms with Crippen molar-refractivity contribution in [1.82, 2.24) is 9.78 Å². The molecule has 20 heavy (non-hydrogen) atoms. The molecule has 0 saturated heterocycles. The van der Waals surface area contributed by atoms with Crippen LogP contribution in [0, 0.1) is 0 Å². The van der Waals surface area contributed by atoms with E-state index in [0.29, 0.717) is 6.04 Å². The van der Waals surface area contributed by atoms with Crippen molar-refractivity contribution >= 4 is 32.5 Å². The maximum absolute atomic E-state index is 4.50. The van der Waals surface area contributed by atoms with Crippen molar-refractivity contribution in [2.24, 2.45) is 0 Å². The third-order valence-corrected chi connectivity index (χ3v) is 4.49. The highest BCUT2D eigenvalue weighted by molar-refractivity contribution is 9.10. The predicted molar refractivity (Wildman–Crippen MR) is 85.1 cm³/mol. The molecule has 2 heterocycles. The highest BCUT2D eigenvalue weighted by atomic mass is 79.9. The predicted octanol–water partition coefficient (Wildman–Crippen LogP) is 4.20. The first-order chi connectivity index (χ1) is 9.83. The van der Waals surface area contributed by atoms with Gasteiger partial charge in [-0.3, -0.25) is 0 Å². The largest absolute Gasteiger partial charge is 0.369 e. The lowest BCUT2D eigenvalue weighted by Crippen LogP contribution is -2.24. The minimum Gasteiger partial charge on any atom is -0.369 e. The summed E-state index contributed by atoms with van der Waals surface area (Å²) in [5, 5.41) is 10.5. The molecule has 0 bridgehead atoms. The summed E-state index contributed by atoms with van der Waals surface area (Å²) < 4.78 is 3.11. The van der Waals surface area contributed by atoms with E-state index in [0.717, 1.165) is 23.3 Å². The summed E-state index contributed by atoms with van der Waals surface area (Å²) in [6.45, 7) is 0.974. The molecule has 1 unspecified atom stereocenters. The van der Waals surface area contributed by atoms with Crippen LogP contribution in [-0.4, -0.2) is 16.3 Å². The van der Waals surface area contributed by atoms with Gasteiger partial charge in [-0.1, -0.05) is 36.4 Å². The number of anilines is 1. The Morgan fingerprint density at radius 1 is 1.15 bits per heavy atom. The molecule has 100 valence electrons. The molecule has 0 amide bonds. The second-order valence-electron chi connectivity index (χ2n) is 5.12. The Morgan fingerprint density at radius 3 is 2.90 bits per heavy atom. The summed E-state index contributed by atoms with van der Waals surface area (Å²) in [6, 6.07) is 15.5. The average molecular weight is 328 g/mol. The molecule has 0 fully saturated rings. The number of fused-ring (bicyclic) bond motifs is 2. The topological polar surface area (TPSA) is 29.9 Å². The van der Waals surface area contributed by atoms with E-state index < -0.39 is 0 Å². The molecule has 1 N–H and O–H groups in total. The smallest absolute Gasteiger partial charge is 0.139 e. The van der Waals surface area contributed by atoms with Crippen molar-refractivity contribution in [3.8, 4) is 0 Å². The standard InChI is InChI=1S/C16H14BrN3/c17-14-10-19-20-15(7-8-18-16(14)20)13-6-5-11-3-1-2-4-12(11)9-13/h1-6,9-10,15,18H,7-8H2. The Balaban J connectivity index is 1.83. The van der Waals surface area contributed by atoms with Gasteiger partial charge >= 0.3 is 0 Å². The van der Waals surface area contributed by atoms with Crippen LogP contribution in [0.15, 0.2) is 53.1 Å². The van der Waals surface area contributed by atoms with E-state index in [9.17, 15) is 0 Å². The molecule has 3 aromatic rings. The SMILES string of the molecule is Brc1cnn2c1NCCC2c1ccc2ccccc2c1. The first-order valence-corrected chi connectivity index (χ1v) is 7.58. The van der Waals surface area contributed by atoms with Gasteiger partial charge in [-0.15, -0.1) is 0 Å². The van der Waals surface area contributed by atoms with Gasteiger partial charge in [0.1, 0.15) is 5.82 Å². The molecule has 0 radical (unpaired) electrons. The highest BCUT2D eigenvalue weighted by Crippen LogP contribution is 2.34. The second-order valence-corrected chi connectivity index (χ2v) is 5.98. The van der Waals surface area contributed by atoms with Crippen LogP contribution in [0.3, 0.4) is 0 Å². The Morgan fingerprint density at radius 2 is 2.00 bits per heavy atom. The van der Waals surface area contributed by atoms with Crippen molar-refractivity contribution in [3.05, 3.63) is 58.7 Å². The highest BCUT2D eigenvalue weighted by Gasteiger charge is 2.23. The molecule has 2 aromatic carbocycles. The van der Waals surface area contributed by atoms with Gasteiger partial charge in [0.05, 0.1) is 16.7 Å². The number of aromatic nitrogens is 2. The van der Waals surface area contributed by atoms with E-state index in [4.69, 9.17) is 0 Å². The Kier molecular flexibility index (Phi) is 2.77. The average Bonchev–Trinajstić information content (AvgIpc) is 2.88. The van der Waals surface area contributed by atoms with Gasteiger partial charge in [-0.25, -0.2) is 4.68 Å². The van der Waals surface area contributed by atoms with Crippen molar-refractivity contribution in [2.75, 3.05) is 11.9 Å². The van der Waals surface area contributed by atoms with E-state index in [1.165, 1.54) is 16.3 Å². The van der Waals surface area contributed by atoms with Gasteiger partial charge < -0.3 is 5.32 Å². The molecule has 0 spiro atoms.